The lowest BCUT2D eigenvalue weighted by atomic mass is 10.0. The largest absolute Gasteiger partial charge is 0.508 e. The lowest BCUT2D eigenvalue weighted by Crippen LogP contribution is -2.03. The maximum atomic E-state index is 12.9. The Morgan fingerprint density at radius 3 is 1.54 bits per heavy atom. The number of sulfone groups is 2. The van der Waals surface area contributed by atoms with Crippen molar-refractivity contribution in [2.45, 2.75) is 45.3 Å². The van der Waals surface area contributed by atoms with Gasteiger partial charge in [0.15, 0.2) is 0 Å². The fourth-order valence-corrected chi connectivity index (χ4v) is 6.49. The van der Waals surface area contributed by atoms with Gasteiger partial charge in [0.2, 0.25) is 19.7 Å². The minimum Gasteiger partial charge on any atom is -0.508 e. The van der Waals surface area contributed by atoms with Crippen LogP contribution in [-0.4, -0.2) is 21.9 Å². The van der Waals surface area contributed by atoms with Crippen molar-refractivity contribution in [3.63, 3.8) is 0 Å². The summed E-state index contributed by atoms with van der Waals surface area (Å²) in [5.41, 5.74) is 1.60. The molecule has 0 spiro atoms. The van der Waals surface area contributed by atoms with Crippen LogP contribution < -0.4 is 0 Å². The van der Waals surface area contributed by atoms with Gasteiger partial charge in [0.05, 0.1) is 19.6 Å². The van der Waals surface area contributed by atoms with E-state index in [2.05, 4.69) is 0 Å². The summed E-state index contributed by atoms with van der Waals surface area (Å²) in [5.74, 6) is 0.0764. The molecule has 0 aliphatic rings. The van der Waals surface area contributed by atoms with E-state index in [1.807, 2.05) is 12.1 Å². The Bertz CT molecular complexity index is 1500. The Labute approximate surface area is 206 Å². The van der Waals surface area contributed by atoms with Gasteiger partial charge in [0, 0.05) is 0 Å². The van der Waals surface area contributed by atoms with Crippen molar-refractivity contribution in [2.24, 2.45) is 0 Å². The molecule has 7 heteroatoms. The molecule has 0 saturated carbocycles. The van der Waals surface area contributed by atoms with Crippen molar-refractivity contribution in [1.29, 1.82) is 0 Å². The number of unbranched alkanes of at least 4 members (excludes halogenated alkanes) is 1. The Kier molecular flexibility index (Phi) is 7.38. The summed E-state index contributed by atoms with van der Waals surface area (Å²) in [4.78, 5) is 0.902. The number of phenolic OH excluding ortho intramolecular Hbond substituents is 1. The van der Waals surface area contributed by atoms with E-state index < -0.39 is 19.7 Å². The molecule has 0 atom stereocenters. The molecule has 180 valence electrons. The van der Waals surface area contributed by atoms with Crippen molar-refractivity contribution in [3.8, 4) is 5.75 Å². The molecule has 0 saturated heterocycles. The van der Waals surface area contributed by atoms with Gasteiger partial charge in [-0.2, -0.15) is 0 Å². The highest BCUT2D eigenvalue weighted by Gasteiger charge is 2.19. The van der Waals surface area contributed by atoms with E-state index in [4.69, 9.17) is 0 Å². The van der Waals surface area contributed by atoms with Gasteiger partial charge in [-0.05, 0) is 91.4 Å². The normalized spacial score (nSPS) is 11.9. The highest BCUT2D eigenvalue weighted by molar-refractivity contribution is 7.91. The van der Waals surface area contributed by atoms with Gasteiger partial charge in [-0.25, -0.2) is 16.8 Å². The highest BCUT2D eigenvalue weighted by Crippen LogP contribution is 2.27. The number of benzene rings is 4. The lowest BCUT2D eigenvalue weighted by molar-refractivity contribution is 0.466. The van der Waals surface area contributed by atoms with E-state index in [9.17, 15) is 21.9 Å². The first-order valence-electron chi connectivity index (χ1n) is 11.3. The molecule has 1 N–H and O–H groups in total. The Hall–Kier alpha value is -3.42. The second-order valence-electron chi connectivity index (χ2n) is 8.27. The molecule has 0 aliphatic carbocycles. The van der Waals surface area contributed by atoms with E-state index in [0.29, 0.717) is 12.0 Å². The standard InChI is InChI=1S/C28H26O5S2/c29-28-20-19-27(35(32,33)25-13-5-2-6-14-25)21-23(28)10-8-7-9-22-15-17-26(18-16-22)34(30,31)24-11-3-1-4-12-24/h1-6,11-21,29H,7-10H2. The number of rotatable bonds is 9. The van der Waals surface area contributed by atoms with E-state index in [-0.39, 0.29) is 25.3 Å². The summed E-state index contributed by atoms with van der Waals surface area (Å²) in [6.07, 6.45) is 2.82. The van der Waals surface area contributed by atoms with Gasteiger partial charge in [-0.1, -0.05) is 48.5 Å². The third kappa shape index (κ3) is 5.63. The molecule has 5 nitrogen and oxygen atoms in total. The molecule has 4 aromatic rings. The van der Waals surface area contributed by atoms with Crippen molar-refractivity contribution in [2.75, 3.05) is 0 Å². The van der Waals surface area contributed by atoms with Crippen LogP contribution in [0.25, 0.3) is 0 Å². The second kappa shape index (κ2) is 10.5. The maximum absolute atomic E-state index is 12.9. The van der Waals surface area contributed by atoms with Crippen molar-refractivity contribution < 1.29 is 21.9 Å². The number of phenols is 1. The number of hydrogen-bond donors (Lipinski definition) is 1. The molecule has 0 radical (unpaired) electrons. The van der Waals surface area contributed by atoms with E-state index >= 15 is 0 Å². The van der Waals surface area contributed by atoms with Gasteiger partial charge in [0.25, 0.3) is 0 Å². The van der Waals surface area contributed by atoms with E-state index in [0.717, 1.165) is 24.8 Å². The monoisotopic (exact) mass is 506 g/mol. The van der Waals surface area contributed by atoms with Crippen LogP contribution in [0.5, 0.6) is 5.75 Å². The first kappa shape index (κ1) is 24.7. The Morgan fingerprint density at radius 1 is 0.514 bits per heavy atom. The van der Waals surface area contributed by atoms with Crippen molar-refractivity contribution in [1.82, 2.24) is 0 Å². The molecule has 0 aromatic heterocycles. The minimum absolute atomic E-state index is 0.0764. The quantitative estimate of drug-likeness (QED) is 0.298. The molecule has 0 fully saturated rings. The van der Waals surface area contributed by atoms with Crippen LogP contribution in [0, 0.1) is 0 Å². The van der Waals surface area contributed by atoms with Crippen molar-refractivity contribution in [3.05, 3.63) is 114 Å². The van der Waals surface area contributed by atoms with E-state index in [1.54, 1.807) is 78.9 Å². The molecule has 0 heterocycles. The topological polar surface area (TPSA) is 88.5 Å². The Balaban J connectivity index is 1.38. The van der Waals surface area contributed by atoms with Gasteiger partial charge in [-0.15, -0.1) is 0 Å². The number of aryl methyl sites for hydroxylation is 2. The fraction of sp³-hybridized carbons (Fsp3) is 0.143. The van der Waals surface area contributed by atoms with Crippen LogP contribution in [0.3, 0.4) is 0 Å². The molecule has 0 unspecified atom stereocenters. The third-order valence-electron chi connectivity index (χ3n) is 5.86. The van der Waals surface area contributed by atoms with Crippen LogP contribution in [0.15, 0.2) is 123 Å². The second-order valence-corrected chi connectivity index (χ2v) is 12.2. The van der Waals surface area contributed by atoms with Crippen molar-refractivity contribution >= 4 is 19.7 Å². The molecule has 4 rings (SSSR count). The van der Waals surface area contributed by atoms with Crippen LogP contribution in [-0.2, 0) is 32.5 Å². The SMILES string of the molecule is O=S(=O)(c1ccccc1)c1ccc(CCCCc2cc(S(=O)(=O)c3ccccc3)ccc2O)cc1. The summed E-state index contributed by atoms with van der Waals surface area (Å²) in [6, 6.07) is 27.9. The predicted octanol–water partition coefficient (Wildman–Crippen LogP) is 5.62. The predicted molar refractivity (Wildman–Crippen MR) is 135 cm³/mol. The smallest absolute Gasteiger partial charge is 0.206 e. The molecular weight excluding hydrogens is 480 g/mol. The average molecular weight is 507 g/mol. The van der Waals surface area contributed by atoms with E-state index in [1.165, 1.54) is 12.1 Å². The van der Waals surface area contributed by atoms with Crippen LogP contribution in [0.4, 0.5) is 0 Å². The van der Waals surface area contributed by atoms with Gasteiger partial charge in [0.1, 0.15) is 5.75 Å². The van der Waals surface area contributed by atoms with Crippen LogP contribution in [0.2, 0.25) is 0 Å². The van der Waals surface area contributed by atoms with Gasteiger partial charge >= 0.3 is 0 Å². The average Bonchev–Trinajstić information content (AvgIpc) is 2.89. The summed E-state index contributed by atoms with van der Waals surface area (Å²) in [6.45, 7) is 0. The molecule has 0 bridgehead atoms. The lowest BCUT2D eigenvalue weighted by Gasteiger charge is -2.10. The fourth-order valence-electron chi connectivity index (χ4n) is 3.88. The molecule has 0 amide bonds. The summed E-state index contributed by atoms with van der Waals surface area (Å²) >= 11 is 0. The van der Waals surface area contributed by atoms with Crippen LogP contribution >= 0.6 is 0 Å². The molecule has 4 aromatic carbocycles. The minimum atomic E-state index is -3.65. The third-order valence-corrected chi connectivity index (χ3v) is 9.42. The molecule has 35 heavy (non-hydrogen) atoms. The van der Waals surface area contributed by atoms with Gasteiger partial charge in [-0.3, -0.25) is 0 Å². The zero-order valence-corrected chi connectivity index (χ0v) is 20.7. The summed E-state index contributed by atoms with van der Waals surface area (Å²) < 4.78 is 51.2. The number of aromatic hydroxyl groups is 1. The summed E-state index contributed by atoms with van der Waals surface area (Å²) in [5, 5.41) is 10.2. The zero-order chi connectivity index (χ0) is 24.9. The van der Waals surface area contributed by atoms with Gasteiger partial charge < -0.3 is 5.11 Å². The first-order valence-corrected chi connectivity index (χ1v) is 14.3. The molecular formula is C28H26O5S2. The highest BCUT2D eigenvalue weighted by atomic mass is 32.2. The first-order chi connectivity index (χ1) is 16.8. The number of hydrogen-bond acceptors (Lipinski definition) is 5. The molecule has 0 aliphatic heterocycles. The summed E-state index contributed by atoms with van der Waals surface area (Å²) in [7, 11) is -7.18. The Morgan fingerprint density at radius 2 is 0.971 bits per heavy atom. The maximum Gasteiger partial charge on any atom is 0.206 e. The van der Waals surface area contributed by atoms with Crippen LogP contribution in [0.1, 0.15) is 24.0 Å². The zero-order valence-electron chi connectivity index (χ0n) is 19.0.